The molecule has 3 aromatic rings. The number of rotatable bonds is 4. The standard InChI is InChI=1S/C25H18O4/c1-2-15-12-13-17(20(14-15)25(28)29)22-21(16-8-4-3-5-9-16)23(26)18-10-6-7-11-19(18)24(22)27/h3-14H,2H2,1H3,(H,28,29). The molecule has 4 heteroatoms. The van der Waals surface area contributed by atoms with Crippen molar-refractivity contribution in [2.24, 2.45) is 0 Å². The van der Waals surface area contributed by atoms with E-state index in [-0.39, 0.29) is 33.8 Å². The van der Waals surface area contributed by atoms with Crippen molar-refractivity contribution >= 4 is 28.7 Å². The van der Waals surface area contributed by atoms with E-state index in [9.17, 15) is 19.5 Å². The van der Waals surface area contributed by atoms with Gasteiger partial charge in [-0.15, -0.1) is 0 Å². The summed E-state index contributed by atoms with van der Waals surface area (Å²) >= 11 is 0. The Hall–Kier alpha value is -3.79. The number of hydrogen-bond acceptors (Lipinski definition) is 3. The lowest BCUT2D eigenvalue weighted by Crippen LogP contribution is -2.22. The summed E-state index contributed by atoms with van der Waals surface area (Å²) in [6.45, 7) is 1.93. The molecular weight excluding hydrogens is 364 g/mol. The Balaban J connectivity index is 2.08. The van der Waals surface area contributed by atoms with E-state index in [0.29, 0.717) is 23.1 Å². The molecule has 4 rings (SSSR count). The third-order valence-corrected chi connectivity index (χ3v) is 5.17. The van der Waals surface area contributed by atoms with Crippen LogP contribution in [0.5, 0.6) is 0 Å². The minimum atomic E-state index is -1.13. The van der Waals surface area contributed by atoms with Gasteiger partial charge in [0.1, 0.15) is 0 Å². The van der Waals surface area contributed by atoms with Crippen LogP contribution in [0.15, 0.2) is 72.8 Å². The minimum Gasteiger partial charge on any atom is -0.478 e. The van der Waals surface area contributed by atoms with E-state index in [4.69, 9.17) is 0 Å². The van der Waals surface area contributed by atoms with E-state index in [1.165, 1.54) is 0 Å². The van der Waals surface area contributed by atoms with E-state index in [1.807, 2.05) is 13.0 Å². The number of aryl methyl sites for hydroxylation is 1. The van der Waals surface area contributed by atoms with Crippen LogP contribution in [0, 0.1) is 0 Å². The third-order valence-electron chi connectivity index (χ3n) is 5.17. The smallest absolute Gasteiger partial charge is 0.336 e. The zero-order valence-electron chi connectivity index (χ0n) is 15.8. The van der Waals surface area contributed by atoms with E-state index in [1.54, 1.807) is 66.7 Å². The number of carboxylic acid groups (broad SMARTS) is 1. The maximum atomic E-state index is 13.5. The highest BCUT2D eigenvalue weighted by molar-refractivity contribution is 6.52. The Bertz CT molecular complexity index is 1190. The highest BCUT2D eigenvalue weighted by Gasteiger charge is 2.35. The average molecular weight is 382 g/mol. The van der Waals surface area contributed by atoms with E-state index < -0.39 is 5.97 Å². The second kappa shape index (κ2) is 7.32. The van der Waals surface area contributed by atoms with Crippen LogP contribution in [0.25, 0.3) is 11.1 Å². The van der Waals surface area contributed by atoms with Gasteiger partial charge in [-0.2, -0.15) is 0 Å². The summed E-state index contributed by atoms with van der Waals surface area (Å²) < 4.78 is 0. The van der Waals surface area contributed by atoms with Crippen LogP contribution in [0.4, 0.5) is 0 Å². The number of benzene rings is 3. The molecule has 1 aliphatic rings. The van der Waals surface area contributed by atoms with Gasteiger partial charge in [-0.1, -0.05) is 73.7 Å². The molecule has 1 aliphatic carbocycles. The maximum Gasteiger partial charge on any atom is 0.336 e. The van der Waals surface area contributed by atoms with Crippen molar-refractivity contribution in [2.75, 3.05) is 0 Å². The molecule has 0 amide bonds. The van der Waals surface area contributed by atoms with Crippen molar-refractivity contribution in [3.63, 3.8) is 0 Å². The molecule has 0 fully saturated rings. The van der Waals surface area contributed by atoms with Crippen LogP contribution < -0.4 is 0 Å². The summed E-state index contributed by atoms with van der Waals surface area (Å²) in [6.07, 6.45) is 0.668. The van der Waals surface area contributed by atoms with Crippen molar-refractivity contribution < 1.29 is 19.5 Å². The number of Topliss-reactive ketones (excluding diaryl/α,β-unsaturated/α-hetero) is 2. The molecule has 142 valence electrons. The fraction of sp³-hybridized carbons (Fsp3) is 0.0800. The number of carbonyl (C=O) groups excluding carboxylic acids is 2. The monoisotopic (exact) mass is 382 g/mol. The minimum absolute atomic E-state index is 0.0216. The first-order valence-corrected chi connectivity index (χ1v) is 9.37. The van der Waals surface area contributed by atoms with Gasteiger partial charge in [-0.25, -0.2) is 4.79 Å². The van der Waals surface area contributed by atoms with Gasteiger partial charge in [0.05, 0.1) is 5.56 Å². The van der Waals surface area contributed by atoms with Crippen molar-refractivity contribution in [3.05, 3.63) is 106 Å². The summed E-state index contributed by atoms with van der Waals surface area (Å²) in [4.78, 5) is 38.9. The quantitative estimate of drug-likeness (QED) is 0.694. The lowest BCUT2D eigenvalue weighted by atomic mass is 9.77. The van der Waals surface area contributed by atoms with Gasteiger partial charge >= 0.3 is 5.97 Å². The molecule has 0 saturated carbocycles. The van der Waals surface area contributed by atoms with Crippen LogP contribution in [0.1, 0.15) is 54.7 Å². The first-order valence-electron chi connectivity index (χ1n) is 9.37. The number of fused-ring (bicyclic) bond motifs is 1. The number of ketones is 2. The second-order valence-corrected chi connectivity index (χ2v) is 6.86. The van der Waals surface area contributed by atoms with Gasteiger partial charge in [0.15, 0.2) is 11.6 Å². The molecule has 3 aromatic carbocycles. The third kappa shape index (κ3) is 3.09. The summed E-state index contributed by atoms with van der Waals surface area (Å²) in [5.41, 5.74) is 2.73. The zero-order valence-corrected chi connectivity index (χ0v) is 15.8. The van der Waals surface area contributed by atoms with Gasteiger partial charge in [0, 0.05) is 27.8 Å². The molecule has 0 radical (unpaired) electrons. The molecule has 0 unspecified atom stereocenters. The van der Waals surface area contributed by atoms with Crippen molar-refractivity contribution in [3.8, 4) is 0 Å². The number of carbonyl (C=O) groups is 3. The number of aromatic carboxylic acids is 1. The van der Waals surface area contributed by atoms with Crippen LogP contribution in [0.3, 0.4) is 0 Å². The Morgan fingerprint density at radius 1 is 0.759 bits per heavy atom. The van der Waals surface area contributed by atoms with Crippen LogP contribution in [-0.2, 0) is 6.42 Å². The van der Waals surface area contributed by atoms with Gasteiger partial charge in [-0.05, 0) is 23.6 Å². The zero-order chi connectivity index (χ0) is 20.5. The van der Waals surface area contributed by atoms with Crippen molar-refractivity contribution in [1.82, 2.24) is 0 Å². The molecule has 0 heterocycles. The average Bonchev–Trinajstić information content (AvgIpc) is 2.76. The normalized spacial score (nSPS) is 13.4. The van der Waals surface area contributed by atoms with Crippen LogP contribution >= 0.6 is 0 Å². The first-order chi connectivity index (χ1) is 14.0. The van der Waals surface area contributed by atoms with E-state index in [0.717, 1.165) is 5.56 Å². The highest BCUT2D eigenvalue weighted by Crippen LogP contribution is 2.38. The molecule has 0 bridgehead atoms. The first kappa shape index (κ1) is 18.6. The van der Waals surface area contributed by atoms with Crippen molar-refractivity contribution in [1.29, 1.82) is 0 Å². The number of allylic oxidation sites excluding steroid dienone is 2. The molecule has 0 saturated heterocycles. The Labute approximate surface area is 168 Å². The van der Waals surface area contributed by atoms with E-state index in [2.05, 4.69) is 0 Å². The lowest BCUT2D eigenvalue weighted by molar-refractivity contribution is 0.0696. The molecule has 0 spiro atoms. The van der Waals surface area contributed by atoms with E-state index >= 15 is 0 Å². The molecule has 1 N–H and O–H groups in total. The summed E-state index contributed by atoms with van der Waals surface area (Å²) in [7, 11) is 0. The van der Waals surface area contributed by atoms with Gasteiger partial charge in [-0.3, -0.25) is 9.59 Å². The summed E-state index contributed by atoms with van der Waals surface area (Å²) in [5.74, 6) is -1.75. The number of carboxylic acids is 1. The lowest BCUT2D eigenvalue weighted by Gasteiger charge is -2.23. The Kier molecular flexibility index (Phi) is 4.69. The Morgan fingerprint density at radius 2 is 1.34 bits per heavy atom. The van der Waals surface area contributed by atoms with Gasteiger partial charge in [0.2, 0.25) is 0 Å². The predicted molar refractivity (Wildman–Crippen MR) is 111 cm³/mol. The van der Waals surface area contributed by atoms with Crippen LogP contribution in [0.2, 0.25) is 0 Å². The van der Waals surface area contributed by atoms with Gasteiger partial charge in [0.25, 0.3) is 0 Å². The molecule has 0 aromatic heterocycles. The Morgan fingerprint density at radius 3 is 1.93 bits per heavy atom. The largest absolute Gasteiger partial charge is 0.478 e. The molecule has 4 nitrogen and oxygen atoms in total. The maximum absolute atomic E-state index is 13.5. The predicted octanol–water partition coefficient (Wildman–Crippen LogP) is 4.94. The summed E-state index contributed by atoms with van der Waals surface area (Å²) in [5, 5.41) is 9.80. The fourth-order valence-electron chi connectivity index (χ4n) is 3.72. The fourth-order valence-corrected chi connectivity index (χ4v) is 3.72. The number of hydrogen-bond donors (Lipinski definition) is 1. The van der Waals surface area contributed by atoms with Crippen molar-refractivity contribution in [2.45, 2.75) is 13.3 Å². The molecule has 0 atom stereocenters. The molecule has 0 aliphatic heterocycles. The summed E-state index contributed by atoms with van der Waals surface area (Å²) in [6, 6.07) is 20.6. The highest BCUT2D eigenvalue weighted by atomic mass is 16.4. The van der Waals surface area contributed by atoms with Gasteiger partial charge < -0.3 is 5.11 Å². The molecule has 29 heavy (non-hydrogen) atoms. The SMILES string of the molecule is CCc1ccc(C2=C(c3ccccc3)C(=O)c3ccccc3C2=O)c(C(=O)O)c1. The molecular formula is C25H18O4. The second-order valence-electron chi connectivity index (χ2n) is 6.86. The van der Waals surface area contributed by atoms with Crippen LogP contribution in [-0.4, -0.2) is 22.6 Å². The topological polar surface area (TPSA) is 71.4 Å².